The van der Waals surface area contributed by atoms with E-state index in [0.29, 0.717) is 16.9 Å². The van der Waals surface area contributed by atoms with Crippen molar-refractivity contribution in [1.82, 2.24) is 25.1 Å². The van der Waals surface area contributed by atoms with Gasteiger partial charge in [-0.2, -0.15) is 10.2 Å². The predicted molar refractivity (Wildman–Crippen MR) is 124 cm³/mol. The maximum atomic E-state index is 13.2. The van der Waals surface area contributed by atoms with Crippen LogP contribution in [-0.2, 0) is 14.3 Å². The number of aliphatic hydroxyl groups is 1. The van der Waals surface area contributed by atoms with E-state index in [1.807, 2.05) is 0 Å². The van der Waals surface area contributed by atoms with Crippen molar-refractivity contribution in [2.24, 2.45) is 0 Å². The minimum absolute atomic E-state index is 0.0820. The van der Waals surface area contributed by atoms with Crippen molar-refractivity contribution in [3.05, 3.63) is 47.9 Å². The number of benzene rings is 1. The van der Waals surface area contributed by atoms with E-state index in [0.717, 1.165) is 0 Å². The lowest BCUT2D eigenvalue weighted by atomic mass is 9.95. The van der Waals surface area contributed by atoms with Gasteiger partial charge >= 0.3 is 0 Å². The van der Waals surface area contributed by atoms with Crippen LogP contribution in [0.1, 0.15) is 6.92 Å². The molecule has 0 saturated carbocycles. The Hall–Kier alpha value is -4.07. The van der Waals surface area contributed by atoms with Crippen molar-refractivity contribution in [1.29, 1.82) is 0 Å². The van der Waals surface area contributed by atoms with Crippen molar-refractivity contribution >= 4 is 51.7 Å². The van der Waals surface area contributed by atoms with Gasteiger partial charge in [-0.05, 0) is 19.1 Å². The van der Waals surface area contributed by atoms with Crippen LogP contribution in [-0.4, -0.2) is 66.9 Å². The lowest BCUT2D eigenvalue weighted by Gasteiger charge is -2.37. The summed E-state index contributed by atoms with van der Waals surface area (Å²) in [7, 11) is 0. The van der Waals surface area contributed by atoms with E-state index in [4.69, 9.17) is 26.6 Å². The Morgan fingerprint density at radius 3 is 2.94 bits per heavy atom. The molecule has 13 nitrogen and oxygen atoms in total. The number of carbonyl (C=O) groups excluding carboxylic acids is 2. The molecule has 180 valence electrons. The molecule has 35 heavy (non-hydrogen) atoms. The van der Waals surface area contributed by atoms with Crippen LogP contribution >= 0.6 is 11.6 Å². The molecule has 1 fully saturated rings. The Morgan fingerprint density at radius 2 is 2.17 bits per heavy atom. The first-order valence-corrected chi connectivity index (χ1v) is 10.8. The Balaban J connectivity index is 1.35. The first-order chi connectivity index (χ1) is 16.8. The standard InChI is InChI=1S/C21H19ClN8O5/c1-21(33,20(32)26-11-8-13(22)16-14(9-11)35-28-18(16)23)17-19(31)29(6-7-34-17)15-3-5-30(27-15)12-2-4-24-25-10-12/h2-5,8-10,17,33H,6-7H2,1H3,(H2,23,28)(H,26,32). The van der Waals surface area contributed by atoms with Gasteiger partial charge in [0.2, 0.25) is 0 Å². The Labute approximate surface area is 202 Å². The van der Waals surface area contributed by atoms with Gasteiger partial charge in [0.15, 0.2) is 28.9 Å². The third-order valence-corrected chi connectivity index (χ3v) is 5.85. The first-order valence-electron chi connectivity index (χ1n) is 10.4. The number of hydrogen-bond acceptors (Lipinski definition) is 10. The molecule has 4 aromatic rings. The Bertz CT molecular complexity index is 1420. The van der Waals surface area contributed by atoms with E-state index in [1.165, 1.54) is 41.0 Å². The second-order valence-corrected chi connectivity index (χ2v) is 8.37. The van der Waals surface area contributed by atoms with Gasteiger partial charge in [-0.1, -0.05) is 16.8 Å². The van der Waals surface area contributed by atoms with Gasteiger partial charge in [0.05, 0.1) is 41.6 Å². The molecule has 4 heterocycles. The molecule has 2 amide bonds. The molecule has 4 N–H and O–H groups in total. The summed E-state index contributed by atoms with van der Waals surface area (Å²) in [4.78, 5) is 27.6. The third-order valence-electron chi connectivity index (χ3n) is 5.56. The summed E-state index contributed by atoms with van der Waals surface area (Å²) >= 11 is 6.22. The van der Waals surface area contributed by atoms with E-state index in [2.05, 4.69) is 25.8 Å². The van der Waals surface area contributed by atoms with Crippen molar-refractivity contribution < 1.29 is 24.0 Å². The average molecular weight is 499 g/mol. The number of hydrogen-bond donors (Lipinski definition) is 3. The van der Waals surface area contributed by atoms with Crippen LogP contribution in [0.2, 0.25) is 5.02 Å². The predicted octanol–water partition coefficient (Wildman–Crippen LogP) is 1.16. The number of morpholine rings is 1. The number of nitrogen functional groups attached to an aromatic ring is 1. The molecule has 2 unspecified atom stereocenters. The highest BCUT2D eigenvalue weighted by molar-refractivity contribution is 6.36. The minimum Gasteiger partial charge on any atom is -0.380 e. The van der Waals surface area contributed by atoms with Gasteiger partial charge in [-0.3, -0.25) is 14.5 Å². The summed E-state index contributed by atoms with van der Waals surface area (Å²) < 4.78 is 12.2. The van der Waals surface area contributed by atoms with E-state index >= 15 is 0 Å². The monoisotopic (exact) mass is 498 g/mol. The fourth-order valence-corrected chi connectivity index (χ4v) is 4.04. The Kier molecular flexibility index (Phi) is 5.59. The zero-order chi connectivity index (χ0) is 24.7. The number of aromatic nitrogens is 5. The number of carbonyl (C=O) groups is 2. The van der Waals surface area contributed by atoms with Crippen LogP contribution in [0.3, 0.4) is 0 Å². The summed E-state index contributed by atoms with van der Waals surface area (Å²) in [5, 5.41) is 29.8. The molecule has 14 heteroatoms. The normalized spacial score (nSPS) is 18.0. The lowest BCUT2D eigenvalue weighted by molar-refractivity contribution is -0.165. The number of nitrogens with zero attached hydrogens (tertiary/aromatic N) is 6. The smallest absolute Gasteiger partial charge is 0.260 e. The molecule has 5 rings (SSSR count). The highest BCUT2D eigenvalue weighted by Crippen LogP contribution is 2.32. The summed E-state index contributed by atoms with van der Waals surface area (Å²) in [5.74, 6) is -1.06. The third kappa shape index (κ3) is 4.05. The van der Waals surface area contributed by atoms with Crippen molar-refractivity contribution in [3.63, 3.8) is 0 Å². The molecule has 1 saturated heterocycles. The molecule has 0 aliphatic carbocycles. The van der Waals surface area contributed by atoms with Gasteiger partial charge in [0, 0.05) is 24.0 Å². The molecule has 1 aliphatic rings. The van der Waals surface area contributed by atoms with Crippen LogP contribution < -0.4 is 16.0 Å². The van der Waals surface area contributed by atoms with Gasteiger partial charge < -0.3 is 25.4 Å². The number of anilines is 3. The maximum absolute atomic E-state index is 13.2. The fraction of sp³-hybridized carbons (Fsp3) is 0.238. The number of ether oxygens (including phenoxy) is 1. The van der Waals surface area contributed by atoms with Crippen molar-refractivity contribution in [2.45, 2.75) is 18.6 Å². The number of nitrogens with two attached hydrogens (primary N) is 1. The molecular formula is C21H19ClN8O5. The van der Waals surface area contributed by atoms with Gasteiger partial charge in [0.25, 0.3) is 11.8 Å². The van der Waals surface area contributed by atoms with Crippen LogP contribution in [0.4, 0.5) is 17.3 Å². The van der Waals surface area contributed by atoms with Crippen molar-refractivity contribution in [3.8, 4) is 5.69 Å². The molecule has 0 bridgehead atoms. The second-order valence-electron chi connectivity index (χ2n) is 7.96. The van der Waals surface area contributed by atoms with Crippen LogP contribution in [0.5, 0.6) is 0 Å². The summed E-state index contributed by atoms with van der Waals surface area (Å²) in [6.45, 7) is 1.47. The van der Waals surface area contributed by atoms with Gasteiger partial charge in [-0.15, -0.1) is 5.10 Å². The molecule has 0 spiro atoms. The largest absolute Gasteiger partial charge is 0.380 e. The summed E-state index contributed by atoms with van der Waals surface area (Å²) in [5.41, 5.74) is 4.61. The second kappa shape index (κ2) is 8.61. The molecule has 1 aromatic carbocycles. The number of nitrogens with one attached hydrogen (secondary N) is 1. The van der Waals surface area contributed by atoms with Crippen LogP contribution in [0.15, 0.2) is 47.4 Å². The van der Waals surface area contributed by atoms with E-state index in [-0.39, 0.29) is 35.3 Å². The Morgan fingerprint density at radius 1 is 1.34 bits per heavy atom. The van der Waals surface area contributed by atoms with E-state index in [1.54, 1.807) is 18.3 Å². The number of amides is 2. The molecule has 2 atom stereocenters. The molecule has 1 aliphatic heterocycles. The molecule has 3 aromatic heterocycles. The quantitative estimate of drug-likeness (QED) is 0.362. The number of fused-ring (bicyclic) bond motifs is 1. The van der Waals surface area contributed by atoms with Gasteiger partial charge in [-0.25, -0.2) is 4.68 Å². The summed E-state index contributed by atoms with van der Waals surface area (Å²) in [6, 6.07) is 6.23. The van der Waals surface area contributed by atoms with Gasteiger partial charge in [0.1, 0.15) is 0 Å². The topological polar surface area (TPSA) is 175 Å². The summed E-state index contributed by atoms with van der Waals surface area (Å²) in [6.07, 6.45) is 3.21. The molecular weight excluding hydrogens is 480 g/mol. The number of halogens is 1. The van der Waals surface area contributed by atoms with Crippen molar-refractivity contribution in [2.75, 3.05) is 29.1 Å². The number of rotatable bonds is 5. The van der Waals surface area contributed by atoms with E-state index in [9.17, 15) is 14.7 Å². The average Bonchev–Trinajstić information content (AvgIpc) is 3.47. The van der Waals surface area contributed by atoms with E-state index < -0.39 is 23.5 Å². The van der Waals surface area contributed by atoms with Crippen LogP contribution in [0, 0.1) is 0 Å². The zero-order valence-electron chi connectivity index (χ0n) is 18.3. The first kappa shape index (κ1) is 22.7. The highest BCUT2D eigenvalue weighted by Gasteiger charge is 2.49. The zero-order valence-corrected chi connectivity index (χ0v) is 19.0. The SMILES string of the molecule is CC(O)(C(=O)Nc1cc(Cl)c2c(N)noc2c1)C1OCCN(c2ccn(-c3ccnnc3)n2)C1=O. The lowest BCUT2D eigenvalue weighted by Crippen LogP contribution is -2.61. The fourth-order valence-electron chi connectivity index (χ4n) is 3.73. The van der Waals surface area contributed by atoms with Crippen LogP contribution in [0.25, 0.3) is 16.7 Å². The highest BCUT2D eigenvalue weighted by atomic mass is 35.5. The maximum Gasteiger partial charge on any atom is 0.260 e. The molecule has 0 radical (unpaired) electrons. The minimum atomic E-state index is -2.23.